The van der Waals surface area contributed by atoms with Crippen molar-refractivity contribution in [3.8, 4) is 0 Å². The van der Waals surface area contributed by atoms with Crippen LogP contribution in [-0.2, 0) is 11.3 Å². The Hall–Kier alpha value is -3.77. The van der Waals surface area contributed by atoms with Gasteiger partial charge in [0.25, 0.3) is 11.6 Å². The summed E-state index contributed by atoms with van der Waals surface area (Å²) < 4.78 is 1.72. The molecule has 11 nitrogen and oxygen atoms in total. The number of aryl methyl sites for hydroxylation is 1. The first-order chi connectivity index (χ1) is 16.3. The van der Waals surface area contributed by atoms with E-state index in [2.05, 4.69) is 20.8 Å². The summed E-state index contributed by atoms with van der Waals surface area (Å²) >= 11 is 1.15. The number of carbonyl (C=O) groups excluding carboxylic acids is 2. The van der Waals surface area contributed by atoms with E-state index >= 15 is 0 Å². The number of thioether (sulfide) groups is 1. The summed E-state index contributed by atoms with van der Waals surface area (Å²) in [5.41, 5.74) is 1.46. The monoisotopic (exact) mass is 484 g/mol. The maximum Gasteiger partial charge on any atom is 0.269 e. The van der Waals surface area contributed by atoms with Gasteiger partial charge in [-0.2, -0.15) is 0 Å². The number of benzene rings is 2. The third-order valence-electron chi connectivity index (χ3n) is 4.92. The van der Waals surface area contributed by atoms with Crippen LogP contribution in [0, 0.1) is 17.0 Å². The van der Waals surface area contributed by atoms with Gasteiger partial charge in [-0.25, -0.2) is 0 Å². The van der Waals surface area contributed by atoms with Gasteiger partial charge in [-0.1, -0.05) is 30.0 Å². The van der Waals surface area contributed by atoms with Crippen molar-refractivity contribution in [2.45, 2.75) is 31.6 Å². The van der Waals surface area contributed by atoms with Crippen LogP contribution in [0.25, 0.3) is 0 Å². The van der Waals surface area contributed by atoms with Crippen molar-refractivity contribution >= 4 is 35.0 Å². The molecule has 0 fully saturated rings. The molecule has 0 unspecified atom stereocenters. The smallest absolute Gasteiger partial charge is 0.269 e. The molecule has 1 atom stereocenters. The molecule has 0 aliphatic carbocycles. The summed E-state index contributed by atoms with van der Waals surface area (Å²) in [5, 5.41) is 34.9. The molecule has 3 aromatic rings. The van der Waals surface area contributed by atoms with Crippen molar-refractivity contribution in [3.05, 3.63) is 75.6 Å². The lowest BCUT2D eigenvalue weighted by atomic mass is 10.2. The van der Waals surface area contributed by atoms with Crippen LogP contribution in [0.1, 0.15) is 34.7 Å². The Balaban J connectivity index is 1.66. The molecule has 1 heterocycles. The van der Waals surface area contributed by atoms with Gasteiger partial charge in [-0.05, 0) is 37.6 Å². The molecule has 12 heteroatoms. The lowest BCUT2D eigenvalue weighted by molar-refractivity contribution is -0.384. The minimum atomic E-state index is -0.772. The van der Waals surface area contributed by atoms with E-state index in [1.165, 1.54) is 18.2 Å². The zero-order valence-corrected chi connectivity index (χ0v) is 19.4. The Morgan fingerprint density at radius 3 is 2.56 bits per heavy atom. The number of aliphatic hydroxyl groups is 1. The molecule has 0 saturated heterocycles. The molecule has 34 heavy (non-hydrogen) atoms. The number of aromatic nitrogens is 3. The van der Waals surface area contributed by atoms with Gasteiger partial charge < -0.3 is 20.3 Å². The first kappa shape index (κ1) is 24.9. The normalized spacial score (nSPS) is 11.6. The molecule has 178 valence electrons. The second-order valence-corrected chi connectivity index (χ2v) is 8.20. The number of anilines is 1. The largest absolute Gasteiger partial charge is 0.394 e. The Morgan fingerprint density at radius 2 is 1.94 bits per heavy atom. The molecule has 0 aliphatic rings. The van der Waals surface area contributed by atoms with Crippen molar-refractivity contribution in [2.24, 2.45) is 0 Å². The van der Waals surface area contributed by atoms with Gasteiger partial charge in [0, 0.05) is 29.9 Å². The Morgan fingerprint density at radius 1 is 1.21 bits per heavy atom. The fourth-order valence-electron chi connectivity index (χ4n) is 3.20. The lowest BCUT2D eigenvalue weighted by Gasteiger charge is -2.17. The molecule has 3 rings (SSSR count). The first-order valence-corrected chi connectivity index (χ1v) is 11.4. The van der Waals surface area contributed by atoms with Gasteiger partial charge >= 0.3 is 0 Å². The van der Waals surface area contributed by atoms with Gasteiger partial charge in [-0.3, -0.25) is 19.7 Å². The average molecular weight is 485 g/mol. The summed E-state index contributed by atoms with van der Waals surface area (Å²) in [7, 11) is 0. The van der Waals surface area contributed by atoms with E-state index in [9.17, 15) is 24.8 Å². The minimum Gasteiger partial charge on any atom is -0.394 e. The molecule has 1 aromatic heterocycles. The Labute approximate surface area is 199 Å². The van der Waals surface area contributed by atoms with Gasteiger partial charge in [0.1, 0.15) is 6.04 Å². The van der Waals surface area contributed by atoms with E-state index in [4.69, 9.17) is 0 Å². The topological polar surface area (TPSA) is 152 Å². The van der Waals surface area contributed by atoms with Crippen LogP contribution in [0.3, 0.4) is 0 Å². The van der Waals surface area contributed by atoms with E-state index in [0.29, 0.717) is 34.3 Å². The summed E-state index contributed by atoms with van der Waals surface area (Å²) in [4.78, 5) is 35.3. The van der Waals surface area contributed by atoms with Crippen LogP contribution in [0.15, 0.2) is 53.7 Å². The SMILES string of the molecule is CCn1c(SCC(=O)Nc2ccc([N+](=O)[O-])cc2C)nnc1[C@H](CO)NC(=O)c1ccccc1. The van der Waals surface area contributed by atoms with E-state index in [1.54, 1.807) is 41.8 Å². The van der Waals surface area contributed by atoms with Gasteiger partial charge in [0.15, 0.2) is 11.0 Å². The molecular formula is C22H24N6O5S. The fourth-order valence-corrected chi connectivity index (χ4v) is 4.01. The Bertz CT molecular complexity index is 1180. The minimum absolute atomic E-state index is 0.0225. The van der Waals surface area contributed by atoms with E-state index in [1.807, 2.05) is 6.92 Å². The van der Waals surface area contributed by atoms with Gasteiger partial charge in [0.2, 0.25) is 5.91 Å². The molecule has 0 bridgehead atoms. The highest BCUT2D eigenvalue weighted by atomic mass is 32.2. The zero-order valence-electron chi connectivity index (χ0n) is 18.6. The van der Waals surface area contributed by atoms with Crippen LogP contribution < -0.4 is 10.6 Å². The predicted molar refractivity (Wildman–Crippen MR) is 127 cm³/mol. The second-order valence-electron chi connectivity index (χ2n) is 7.25. The third kappa shape index (κ3) is 5.97. The number of nitrogens with one attached hydrogen (secondary N) is 2. The van der Waals surface area contributed by atoms with E-state index < -0.39 is 11.0 Å². The molecule has 0 radical (unpaired) electrons. The van der Waals surface area contributed by atoms with Crippen molar-refractivity contribution in [3.63, 3.8) is 0 Å². The third-order valence-corrected chi connectivity index (χ3v) is 5.89. The summed E-state index contributed by atoms with van der Waals surface area (Å²) in [6.45, 7) is 3.63. The summed E-state index contributed by atoms with van der Waals surface area (Å²) in [5.74, 6) is -0.264. The number of carbonyl (C=O) groups is 2. The van der Waals surface area contributed by atoms with E-state index in [-0.39, 0.29) is 29.9 Å². The van der Waals surface area contributed by atoms with Crippen LogP contribution >= 0.6 is 11.8 Å². The number of nitrogens with zero attached hydrogens (tertiary/aromatic N) is 4. The zero-order chi connectivity index (χ0) is 24.7. The molecule has 0 spiro atoms. The molecular weight excluding hydrogens is 460 g/mol. The van der Waals surface area contributed by atoms with Crippen LogP contribution in [0.4, 0.5) is 11.4 Å². The fraction of sp³-hybridized carbons (Fsp3) is 0.273. The highest BCUT2D eigenvalue weighted by Gasteiger charge is 2.23. The quantitative estimate of drug-likeness (QED) is 0.226. The number of rotatable bonds is 10. The molecule has 2 aromatic carbocycles. The Kier molecular flexibility index (Phi) is 8.33. The maximum absolute atomic E-state index is 12.5. The average Bonchev–Trinajstić information content (AvgIpc) is 3.25. The summed E-state index contributed by atoms with van der Waals surface area (Å²) in [6, 6.07) is 12.1. The number of hydrogen-bond donors (Lipinski definition) is 3. The number of non-ortho nitro benzene ring substituents is 1. The summed E-state index contributed by atoms with van der Waals surface area (Å²) in [6.07, 6.45) is 0. The van der Waals surface area contributed by atoms with Crippen molar-refractivity contribution in [2.75, 3.05) is 17.7 Å². The van der Waals surface area contributed by atoms with Crippen LogP contribution in [0.5, 0.6) is 0 Å². The van der Waals surface area contributed by atoms with Crippen LogP contribution in [0.2, 0.25) is 0 Å². The van der Waals surface area contributed by atoms with E-state index in [0.717, 1.165) is 11.8 Å². The number of hydrogen-bond acceptors (Lipinski definition) is 8. The highest BCUT2D eigenvalue weighted by Crippen LogP contribution is 2.23. The molecule has 2 amide bonds. The maximum atomic E-state index is 12.5. The number of aliphatic hydroxyl groups excluding tert-OH is 1. The molecule has 0 saturated carbocycles. The first-order valence-electron chi connectivity index (χ1n) is 10.4. The van der Waals surface area contributed by atoms with Crippen molar-refractivity contribution in [1.29, 1.82) is 0 Å². The molecule has 3 N–H and O–H groups in total. The highest BCUT2D eigenvalue weighted by molar-refractivity contribution is 7.99. The van der Waals surface area contributed by atoms with Gasteiger partial charge in [0.05, 0.1) is 17.3 Å². The second kappa shape index (κ2) is 11.4. The standard InChI is InChI=1S/C22H24N6O5S/c1-3-27-20(18(12-29)24-21(31)15-7-5-4-6-8-15)25-26-22(27)34-13-19(30)23-17-10-9-16(28(32)33)11-14(17)2/h4-11,18,29H,3,12-13H2,1-2H3,(H,23,30)(H,24,31)/t18-/m0/s1. The number of nitro groups is 1. The van der Waals surface area contributed by atoms with Crippen LogP contribution in [-0.4, -0.2) is 49.0 Å². The molecule has 0 aliphatic heterocycles. The number of nitro benzene ring substituents is 1. The lowest BCUT2D eigenvalue weighted by Crippen LogP contribution is -2.32. The van der Waals surface area contributed by atoms with Crippen molar-refractivity contribution < 1.29 is 19.6 Å². The predicted octanol–water partition coefficient (Wildman–Crippen LogP) is 2.71. The van der Waals surface area contributed by atoms with Gasteiger partial charge in [-0.15, -0.1) is 10.2 Å². The van der Waals surface area contributed by atoms with Crippen molar-refractivity contribution in [1.82, 2.24) is 20.1 Å². The number of amides is 2.